The molecule has 0 saturated heterocycles. The van der Waals surface area contributed by atoms with Crippen LogP contribution in [0.5, 0.6) is 0 Å². The third kappa shape index (κ3) is 3.60. The highest BCUT2D eigenvalue weighted by atomic mass is 19.4. The van der Waals surface area contributed by atoms with Crippen LogP contribution in [0.25, 0.3) is 0 Å². The van der Waals surface area contributed by atoms with E-state index < -0.39 is 35.9 Å². The molecule has 6 heteroatoms. The molecule has 0 spiro atoms. The SMILES string of the molecule is C#CC[C@](O)(CC(C)(C)c1ccccc1C(N)=O)C(F)(F)F. The van der Waals surface area contributed by atoms with E-state index in [9.17, 15) is 23.1 Å². The minimum atomic E-state index is -4.88. The van der Waals surface area contributed by atoms with Gasteiger partial charge in [-0.3, -0.25) is 4.79 Å². The van der Waals surface area contributed by atoms with Gasteiger partial charge in [0.05, 0.1) is 0 Å². The normalized spacial score (nSPS) is 15.0. The van der Waals surface area contributed by atoms with Gasteiger partial charge in [0.2, 0.25) is 5.91 Å². The standard InChI is InChI=1S/C16H18F3NO2/c1-4-9-15(22,16(17,18)19)10-14(2,3)12-8-6-5-7-11(12)13(20)21/h1,5-8,22H,9-10H2,2-3H3,(H2,20,21)/t15-/m0/s1. The highest BCUT2D eigenvalue weighted by molar-refractivity contribution is 5.94. The predicted molar refractivity (Wildman–Crippen MR) is 77.1 cm³/mol. The van der Waals surface area contributed by atoms with Crippen LogP contribution in [0.1, 0.15) is 42.6 Å². The largest absolute Gasteiger partial charge is 0.418 e. The van der Waals surface area contributed by atoms with Crippen molar-refractivity contribution in [2.24, 2.45) is 5.73 Å². The van der Waals surface area contributed by atoms with Gasteiger partial charge in [-0.15, -0.1) is 12.3 Å². The summed E-state index contributed by atoms with van der Waals surface area (Å²) in [6, 6.07) is 6.12. The molecule has 0 heterocycles. The van der Waals surface area contributed by atoms with Gasteiger partial charge in [0.25, 0.3) is 0 Å². The Bertz CT molecular complexity index is 602. The number of nitrogens with two attached hydrogens (primary N) is 1. The highest BCUT2D eigenvalue weighted by Crippen LogP contribution is 2.43. The zero-order valence-electron chi connectivity index (χ0n) is 12.4. The van der Waals surface area contributed by atoms with Crippen LogP contribution in [-0.4, -0.2) is 22.8 Å². The molecule has 120 valence electrons. The molecule has 1 rings (SSSR count). The summed E-state index contributed by atoms with van der Waals surface area (Å²) < 4.78 is 39.5. The number of primary amides is 1. The minimum Gasteiger partial charge on any atom is -0.380 e. The van der Waals surface area contributed by atoms with E-state index in [1.54, 1.807) is 12.1 Å². The lowest BCUT2D eigenvalue weighted by Gasteiger charge is -2.37. The Kier molecular flexibility index (Phi) is 4.93. The van der Waals surface area contributed by atoms with Crippen molar-refractivity contribution in [3.8, 4) is 12.3 Å². The fourth-order valence-corrected chi connectivity index (χ4v) is 2.55. The molecule has 0 fully saturated rings. The van der Waals surface area contributed by atoms with E-state index in [4.69, 9.17) is 12.2 Å². The summed E-state index contributed by atoms with van der Waals surface area (Å²) in [4.78, 5) is 11.5. The fraction of sp³-hybridized carbons (Fsp3) is 0.438. The molecule has 1 amide bonds. The van der Waals surface area contributed by atoms with E-state index in [-0.39, 0.29) is 5.56 Å². The molecule has 0 saturated carbocycles. The number of carbonyl (C=O) groups excluding carboxylic acids is 1. The lowest BCUT2D eigenvalue weighted by atomic mass is 9.72. The first kappa shape index (κ1) is 18.1. The van der Waals surface area contributed by atoms with Crippen LogP contribution in [0.4, 0.5) is 13.2 Å². The average Bonchev–Trinajstić information content (AvgIpc) is 2.37. The Morgan fingerprint density at radius 1 is 1.32 bits per heavy atom. The van der Waals surface area contributed by atoms with E-state index in [2.05, 4.69) is 0 Å². The first-order valence-electron chi connectivity index (χ1n) is 6.56. The van der Waals surface area contributed by atoms with Crippen LogP contribution in [0, 0.1) is 12.3 Å². The molecular weight excluding hydrogens is 295 g/mol. The maximum atomic E-state index is 13.2. The molecule has 0 aliphatic heterocycles. The monoisotopic (exact) mass is 313 g/mol. The topological polar surface area (TPSA) is 63.3 Å². The van der Waals surface area contributed by atoms with Crippen molar-refractivity contribution in [1.82, 2.24) is 0 Å². The van der Waals surface area contributed by atoms with Crippen LogP contribution in [0.2, 0.25) is 0 Å². The molecule has 0 aliphatic carbocycles. The van der Waals surface area contributed by atoms with Crippen molar-refractivity contribution in [1.29, 1.82) is 0 Å². The molecule has 1 aromatic carbocycles. The number of hydrogen-bond donors (Lipinski definition) is 2. The highest BCUT2D eigenvalue weighted by Gasteiger charge is 2.55. The number of amides is 1. The summed E-state index contributed by atoms with van der Waals surface area (Å²) in [6.45, 7) is 3.00. The number of benzene rings is 1. The number of carbonyl (C=O) groups is 1. The molecule has 0 aromatic heterocycles. The van der Waals surface area contributed by atoms with Crippen LogP contribution in [0.15, 0.2) is 24.3 Å². The van der Waals surface area contributed by atoms with Crippen molar-refractivity contribution in [2.45, 2.75) is 43.9 Å². The molecule has 3 N–H and O–H groups in total. The first-order valence-corrected chi connectivity index (χ1v) is 6.56. The maximum absolute atomic E-state index is 13.2. The number of aliphatic hydroxyl groups is 1. The zero-order valence-corrected chi connectivity index (χ0v) is 12.4. The number of alkyl halides is 3. The quantitative estimate of drug-likeness (QED) is 0.821. The van der Waals surface area contributed by atoms with Crippen LogP contribution in [0.3, 0.4) is 0 Å². The molecule has 0 unspecified atom stereocenters. The predicted octanol–water partition coefficient (Wildman–Crippen LogP) is 2.77. The molecule has 3 nitrogen and oxygen atoms in total. The van der Waals surface area contributed by atoms with Gasteiger partial charge in [-0.2, -0.15) is 13.2 Å². The van der Waals surface area contributed by atoms with E-state index in [0.717, 1.165) is 0 Å². The van der Waals surface area contributed by atoms with Gasteiger partial charge in [0, 0.05) is 12.0 Å². The van der Waals surface area contributed by atoms with Crippen molar-refractivity contribution >= 4 is 5.91 Å². The molecular formula is C16H18F3NO2. The Hall–Kier alpha value is -2.00. The number of halogens is 3. The van der Waals surface area contributed by atoms with Crippen molar-refractivity contribution in [3.05, 3.63) is 35.4 Å². The smallest absolute Gasteiger partial charge is 0.380 e. The maximum Gasteiger partial charge on any atom is 0.418 e. The van der Waals surface area contributed by atoms with Crippen LogP contribution >= 0.6 is 0 Å². The van der Waals surface area contributed by atoms with E-state index in [1.807, 2.05) is 5.92 Å². The van der Waals surface area contributed by atoms with Gasteiger partial charge < -0.3 is 10.8 Å². The van der Waals surface area contributed by atoms with Gasteiger partial charge in [0.15, 0.2) is 5.60 Å². The Labute approximate surface area is 127 Å². The average molecular weight is 313 g/mol. The zero-order chi connectivity index (χ0) is 17.2. The van der Waals surface area contributed by atoms with Crippen molar-refractivity contribution in [3.63, 3.8) is 0 Å². The van der Waals surface area contributed by atoms with E-state index in [1.165, 1.54) is 26.0 Å². The summed E-state index contributed by atoms with van der Waals surface area (Å²) in [6.07, 6.45) is -1.46. The molecule has 0 radical (unpaired) electrons. The van der Waals surface area contributed by atoms with Crippen molar-refractivity contribution < 1.29 is 23.1 Å². The van der Waals surface area contributed by atoms with Gasteiger partial charge in [-0.05, 0) is 23.5 Å². The minimum absolute atomic E-state index is 0.123. The molecule has 1 atom stereocenters. The van der Waals surface area contributed by atoms with Gasteiger partial charge in [-0.1, -0.05) is 32.0 Å². The number of rotatable bonds is 5. The summed E-state index contributed by atoms with van der Waals surface area (Å²) in [7, 11) is 0. The summed E-state index contributed by atoms with van der Waals surface area (Å²) in [5.74, 6) is 1.12. The lowest BCUT2D eigenvalue weighted by molar-refractivity contribution is -0.264. The van der Waals surface area contributed by atoms with E-state index >= 15 is 0 Å². The summed E-state index contributed by atoms with van der Waals surface area (Å²) in [5, 5.41) is 9.99. The second-order valence-corrected chi connectivity index (χ2v) is 5.88. The number of hydrogen-bond acceptors (Lipinski definition) is 2. The van der Waals surface area contributed by atoms with Gasteiger partial charge >= 0.3 is 6.18 Å². The molecule has 0 aliphatic rings. The first-order chi connectivity index (χ1) is 9.94. The second-order valence-electron chi connectivity index (χ2n) is 5.88. The molecule has 0 bridgehead atoms. The van der Waals surface area contributed by atoms with Gasteiger partial charge in [0.1, 0.15) is 0 Å². The number of terminal acetylenes is 1. The fourth-order valence-electron chi connectivity index (χ4n) is 2.55. The second kappa shape index (κ2) is 6.01. The Morgan fingerprint density at radius 3 is 2.32 bits per heavy atom. The molecule has 22 heavy (non-hydrogen) atoms. The lowest BCUT2D eigenvalue weighted by Crippen LogP contribution is -2.49. The van der Waals surface area contributed by atoms with Gasteiger partial charge in [-0.25, -0.2) is 0 Å². The Balaban J connectivity index is 3.31. The summed E-state index contributed by atoms with van der Waals surface area (Å²) >= 11 is 0. The third-order valence-electron chi connectivity index (χ3n) is 3.58. The third-order valence-corrected chi connectivity index (χ3v) is 3.58. The molecule has 1 aromatic rings. The van der Waals surface area contributed by atoms with Crippen LogP contribution < -0.4 is 5.73 Å². The van der Waals surface area contributed by atoms with E-state index in [0.29, 0.717) is 5.56 Å². The summed E-state index contributed by atoms with van der Waals surface area (Å²) in [5.41, 5.74) is 1.53. The Morgan fingerprint density at radius 2 is 1.86 bits per heavy atom. The van der Waals surface area contributed by atoms with Crippen LogP contribution in [-0.2, 0) is 5.41 Å². The van der Waals surface area contributed by atoms with Crippen molar-refractivity contribution in [2.75, 3.05) is 0 Å².